The van der Waals surface area contributed by atoms with E-state index in [4.69, 9.17) is 11.6 Å². The number of anilines is 1. The van der Waals surface area contributed by atoms with Crippen molar-refractivity contribution in [1.29, 1.82) is 0 Å². The van der Waals surface area contributed by atoms with Gasteiger partial charge in [-0.1, -0.05) is 11.6 Å². The number of nitrogens with zero attached hydrogens (tertiary/aromatic N) is 4. The maximum absolute atomic E-state index is 14.0. The number of aromatic nitrogens is 2. The first-order valence-electron chi connectivity index (χ1n) is 8.51. The molecule has 0 aliphatic carbocycles. The third kappa shape index (κ3) is 3.80. The Labute approximate surface area is 159 Å². The van der Waals surface area contributed by atoms with Crippen molar-refractivity contribution in [1.82, 2.24) is 14.7 Å². The number of carbonyl (C=O) groups excluding carboxylic acids is 1. The molecular formula is C18H19ClF2N4O2. The predicted octanol–water partition coefficient (Wildman–Crippen LogP) is 2.61. The summed E-state index contributed by atoms with van der Waals surface area (Å²) >= 11 is 6.24. The standard InChI is InChI=1S/C18H19ClF2N4O2/c1-11(26)23(2)13-5-7-24(8-6-13)16-10-22-25(18(27)17(16)19)15-4-3-12(20)9-14(15)21/h3-4,9-10,13H,5-8H2,1-2H3. The summed E-state index contributed by atoms with van der Waals surface area (Å²) in [7, 11) is 1.77. The van der Waals surface area contributed by atoms with E-state index in [2.05, 4.69) is 5.10 Å². The molecule has 144 valence electrons. The van der Waals surface area contributed by atoms with Gasteiger partial charge in [-0.3, -0.25) is 9.59 Å². The van der Waals surface area contributed by atoms with Gasteiger partial charge in [0.25, 0.3) is 5.56 Å². The van der Waals surface area contributed by atoms with Gasteiger partial charge in [0.2, 0.25) is 5.91 Å². The third-order valence-corrected chi connectivity index (χ3v) is 5.24. The highest BCUT2D eigenvalue weighted by Gasteiger charge is 2.26. The second kappa shape index (κ2) is 7.64. The van der Waals surface area contributed by atoms with E-state index in [1.165, 1.54) is 13.1 Å². The molecule has 1 saturated heterocycles. The van der Waals surface area contributed by atoms with Gasteiger partial charge in [-0.15, -0.1) is 0 Å². The van der Waals surface area contributed by atoms with Gasteiger partial charge in [-0.05, 0) is 25.0 Å². The molecule has 27 heavy (non-hydrogen) atoms. The summed E-state index contributed by atoms with van der Waals surface area (Å²) in [5.74, 6) is -1.64. The molecule has 9 heteroatoms. The lowest BCUT2D eigenvalue weighted by molar-refractivity contribution is -0.129. The third-order valence-electron chi connectivity index (χ3n) is 4.89. The van der Waals surface area contributed by atoms with Crippen molar-refractivity contribution < 1.29 is 13.6 Å². The number of piperidine rings is 1. The molecule has 6 nitrogen and oxygen atoms in total. The van der Waals surface area contributed by atoms with Crippen LogP contribution in [0.25, 0.3) is 5.69 Å². The Morgan fingerprint density at radius 3 is 2.52 bits per heavy atom. The van der Waals surface area contributed by atoms with Crippen molar-refractivity contribution in [2.24, 2.45) is 0 Å². The Balaban J connectivity index is 1.84. The topological polar surface area (TPSA) is 58.4 Å². The summed E-state index contributed by atoms with van der Waals surface area (Å²) in [6, 6.07) is 3.00. The zero-order valence-corrected chi connectivity index (χ0v) is 15.7. The highest BCUT2D eigenvalue weighted by molar-refractivity contribution is 6.33. The number of benzene rings is 1. The molecule has 0 radical (unpaired) electrons. The second-order valence-corrected chi connectivity index (χ2v) is 6.88. The quantitative estimate of drug-likeness (QED) is 0.800. The summed E-state index contributed by atoms with van der Waals surface area (Å²) in [4.78, 5) is 27.7. The zero-order chi connectivity index (χ0) is 19.7. The maximum Gasteiger partial charge on any atom is 0.292 e. The molecule has 0 N–H and O–H groups in total. The number of hydrogen-bond donors (Lipinski definition) is 0. The second-order valence-electron chi connectivity index (χ2n) is 6.50. The van der Waals surface area contributed by atoms with Crippen LogP contribution in [0.2, 0.25) is 5.02 Å². The van der Waals surface area contributed by atoms with Crippen LogP contribution in [0.5, 0.6) is 0 Å². The molecule has 1 amide bonds. The minimum absolute atomic E-state index is 0.0112. The van der Waals surface area contributed by atoms with Crippen molar-refractivity contribution in [2.45, 2.75) is 25.8 Å². The Bertz CT molecular complexity index is 926. The number of rotatable bonds is 3. The number of hydrogen-bond acceptors (Lipinski definition) is 4. The van der Waals surface area contributed by atoms with Crippen LogP contribution in [0, 0.1) is 11.6 Å². The zero-order valence-electron chi connectivity index (χ0n) is 15.0. The van der Waals surface area contributed by atoms with Gasteiger partial charge < -0.3 is 9.80 Å². The molecule has 2 aromatic rings. The van der Waals surface area contributed by atoms with Crippen LogP contribution in [0.3, 0.4) is 0 Å². The lowest BCUT2D eigenvalue weighted by Crippen LogP contribution is -2.45. The fraction of sp³-hybridized carbons (Fsp3) is 0.389. The lowest BCUT2D eigenvalue weighted by atomic mass is 10.0. The highest BCUT2D eigenvalue weighted by atomic mass is 35.5. The molecule has 3 rings (SSSR count). The number of carbonyl (C=O) groups is 1. The Morgan fingerprint density at radius 1 is 1.26 bits per heavy atom. The van der Waals surface area contributed by atoms with Gasteiger partial charge in [0.05, 0.1) is 11.9 Å². The van der Waals surface area contributed by atoms with E-state index in [-0.39, 0.29) is 22.7 Å². The van der Waals surface area contributed by atoms with E-state index < -0.39 is 17.2 Å². The van der Waals surface area contributed by atoms with Crippen LogP contribution in [0.1, 0.15) is 19.8 Å². The molecule has 0 unspecified atom stereocenters. The van der Waals surface area contributed by atoms with Crippen molar-refractivity contribution in [3.05, 3.63) is 51.4 Å². The maximum atomic E-state index is 14.0. The monoisotopic (exact) mass is 396 g/mol. The molecule has 1 aromatic carbocycles. The van der Waals surface area contributed by atoms with E-state index >= 15 is 0 Å². The average molecular weight is 397 g/mol. The summed E-state index contributed by atoms with van der Waals surface area (Å²) in [5, 5.41) is 3.93. The van der Waals surface area contributed by atoms with E-state index in [0.29, 0.717) is 24.8 Å². The first-order valence-corrected chi connectivity index (χ1v) is 8.89. The minimum atomic E-state index is -0.901. The minimum Gasteiger partial charge on any atom is -0.369 e. The summed E-state index contributed by atoms with van der Waals surface area (Å²) in [6.45, 7) is 2.75. The van der Waals surface area contributed by atoms with Crippen LogP contribution in [0.4, 0.5) is 14.5 Å². The SMILES string of the molecule is CC(=O)N(C)C1CCN(c2cnn(-c3ccc(F)cc3F)c(=O)c2Cl)CC1. The van der Waals surface area contributed by atoms with Crippen LogP contribution < -0.4 is 10.5 Å². The first-order chi connectivity index (χ1) is 12.8. The van der Waals surface area contributed by atoms with Gasteiger partial charge in [-0.25, -0.2) is 8.78 Å². The van der Waals surface area contributed by atoms with Gasteiger partial charge in [0, 0.05) is 39.2 Å². The molecule has 1 aromatic heterocycles. The average Bonchev–Trinajstić information content (AvgIpc) is 2.64. The van der Waals surface area contributed by atoms with Gasteiger partial charge >= 0.3 is 0 Å². The lowest BCUT2D eigenvalue weighted by Gasteiger charge is -2.37. The van der Waals surface area contributed by atoms with E-state index in [1.807, 2.05) is 4.90 Å². The van der Waals surface area contributed by atoms with Crippen molar-refractivity contribution in [2.75, 3.05) is 25.0 Å². The van der Waals surface area contributed by atoms with Gasteiger partial charge in [0.15, 0.2) is 5.82 Å². The Kier molecular flexibility index (Phi) is 5.46. The Morgan fingerprint density at radius 2 is 1.93 bits per heavy atom. The largest absolute Gasteiger partial charge is 0.369 e. The summed E-state index contributed by atoms with van der Waals surface area (Å²) < 4.78 is 27.9. The normalized spacial score (nSPS) is 15.1. The van der Waals surface area contributed by atoms with Crippen molar-refractivity contribution >= 4 is 23.2 Å². The molecule has 0 spiro atoms. The van der Waals surface area contributed by atoms with E-state index in [9.17, 15) is 18.4 Å². The summed E-state index contributed by atoms with van der Waals surface area (Å²) in [5.41, 5.74) is -0.386. The number of amides is 1. The molecule has 0 bridgehead atoms. The summed E-state index contributed by atoms with van der Waals surface area (Å²) in [6.07, 6.45) is 2.88. The van der Waals surface area contributed by atoms with Crippen LogP contribution in [-0.4, -0.2) is 46.8 Å². The predicted molar refractivity (Wildman–Crippen MR) is 98.4 cm³/mol. The highest BCUT2D eigenvalue weighted by Crippen LogP contribution is 2.26. The van der Waals surface area contributed by atoms with Crippen molar-refractivity contribution in [3.8, 4) is 5.69 Å². The first kappa shape index (κ1) is 19.3. The molecule has 0 saturated carbocycles. The van der Waals surface area contributed by atoms with Gasteiger partial charge in [-0.2, -0.15) is 9.78 Å². The molecular weight excluding hydrogens is 378 g/mol. The number of halogens is 3. The van der Waals surface area contributed by atoms with Crippen LogP contribution >= 0.6 is 11.6 Å². The molecule has 1 aliphatic rings. The molecule has 1 fully saturated rings. The van der Waals surface area contributed by atoms with Crippen molar-refractivity contribution in [3.63, 3.8) is 0 Å². The smallest absolute Gasteiger partial charge is 0.292 e. The van der Waals surface area contributed by atoms with E-state index in [0.717, 1.165) is 29.7 Å². The van der Waals surface area contributed by atoms with Gasteiger partial charge in [0.1, 0.15) is 16.5 Å². The van der Waals surface area contributed by atoms with E-state index in [1.54, 1.807) is 11.9 Å². The Hall–Kier alpha value is -2.48. The van der Waals surface area contributed by atoms with Crippen LogP contribution in [0.15, 0.2) is 29.2 Å². The fourth-order valence-corrected chi connectivity index (χ4v) is 3.47. The fourth-order valence-electron chi connectivity index (χ4n) is 3.22. The molecule has 2 heterocycles. The molecule has 0 atom stereocenters. The molecule has 1 aliphatic heterocycles. The van der Waals surface area contributed by atoms with Crippen LogP contribution in [-0.2, 0) is 4.79 Å².